The summed E-state index contributed by atoms with van der Waals surface area (Å²) in [5, 5.41) is 4.40. The first-order chi connectivity index (χ1) is 16.4. The molecule has 2 aromatic heterocycles. The number of carbonyl (C=O) groups is 1. The molecule has 1 N–H and O–H groups in total. The number of nitrogens with one attached hydrogen (secondary N) is 1. The van der Waals surface area contributed by atoms with E-state index in [9.17, 15) is 4.79 Å². The van der Waals surface area contributed by atoms with Gasteiger partial charge in [-0.1, -0.05) is 59.1 Å². The Bertz CT molecular complexity index is 1200. The molecule has 0 bridgehead atoms. The molecule has 4 rings (SSSR count). The van der Waals surface area contributed by atoms with Gasteiger partial charge in [-0.15, -0.1) is 0 Å². The van der Waals surface area contributed by atoms with Gasteiger partial charge in [0, 0.05) is 29.2 Å². The fraction of sp³-hybridized carbons (Fsp3) is 0.240. The van der Waals surface area contributed by atoms with Gasteiger partial charge in [-0.25, -0.2) is 9.97 Å². The molecule has 0 spiro atoms. The van der Waals surface area contributed by atoms with Crippen LogP contribution >= 0.6 is 50.7 Å². The molecule has 1 saturated heterocycles. The van der Waals surface area contributed by atoms with E-state index in [1.807, 2.05) is 24.3 Å². The van der Waals surface area contributed by atoms with Gasteiger partial charge < -0.3 is 5.32 Å². The van der Waals surface area contributed by atoms with Crippen LogP contribution in [0.15, 0.2) is 59.3 Å². The summed E-state index contributed by atoms with van der Waals surface area (Å²) in [5.41, 5.74) is 3.01. The van der Waals surface area contributed by atoms with Gasteiger partial charge in [-0.3, -0.25) is 9.69 Å². The molecule has 1 aliphatic rings. The van der Waals surface area contributed by atoms with E-state index in [0.717, 1.165) is 48.8 Å². The van der Waals surface area contributed by atoms with Crippen molar-refractivity contribution in [3.05, 3.63) is 91.4 Å². The first-order valence-corrected chi connectivity index (χ1v) is 12.7. The van der Waals surface area contributed by atoms with E-state index in [0.29, 0.717) is 20.9 Å². The zero-order valence-electron chi connectivity index (χ0n) is 18.1. The summed E-state index contributed by atoms with van der Waals surface area (Å²) in [6, 6.07) is 12.7. The fourth-order valence-corrected chi connectivity index (χ4v) is 4.69. The normalized spacial score (nSPS) is 15.1. The molecule has 0 radical (unpaired) electrons. The summed E-state index contributed by atoms with van der Waals surface area (Å²) in [4.78, 5) is 23.8. The third-order valence-corrected chi connectivity index (χ3v) is 7.30. The molecule has 3 aromatic rings. The number of anilines is 1. The van der Waals surface area contributed by atoms with Gasteiger partial charge in [0.25, 0.3) is 5.91 Å². The molecule has 5 nitrogen and oxygen atoms in total. The summed E-state index contributed by atoms with van der Waals surface area (Å²) in [6.45, 7) is 2.75. The SMILES string of the molecule is O=C(Nc1cc(Cl)c(Br)nc1C1CCN(CC=Cc2ccc(Cl)cc2)CC1)c1ccnc(Cl)c1. The third kappa shape index (κ3) is 6.58. The minimum absolute atomic E-state index is 0.210. The second-order valence-corrected chi connectivity index (χ2v) is 10.0. The van der Waals surface area contributed by atoms with Crippen LogP contribution in [-0.2, 0) is 0 Å². The van der Waals surface area contributed by atoms with Gasteiger partial charge in [-0.2, -0.15) is 0 Å². The van der Waals surface area contributed by atoms with Gasteiger partial charge in [0.15, 0.2) is 0 Å². The molecule has 1 aliphatic heterocycles. The lowest BCUT2D eigenvalue weighted by Gasteiger charge is -2.31. The minimum Gasteiger partial charge on any atom is -0.320 e. The van der Waals surface area contributed by atoms with Crippen molar-refractivity contribution in [2.75, 3.05) is 25.0 Å². The predicted molar refractivity (Wildman–Crippen MR) is 143 cm³/mol. The quantitative estimate of drug-likeness (QED) is 0.310. The van der Waals surface area contributed by atoms with Crippen molar-refractivity contribution in [3.8, 4) is 0 Å². The Morgan fingerprint density at radius 1 is 1.12 bits per heavy atom. The van der Waals surface area contributed by atoms with Crippen LogP contribution in [0.25, 0.3) is 6.08 Å². The Hall–Kier alpha value is -1.96. The number of hydrogen-bond acceptors (Lipinski definition) is 4. The Morgan fingerprint density at radius 3 is 2.56 bits per heavy atom. The minimum atomic E-state index is -0.282. The topological polar surface area (TPSA) is 58.1 Å². The highest BCUT2D eigenvalue weighted by atomic mass is 79.9. The molecular weight excluding hydrogens is 559 g/mol. The van der Waals surface area contributed by atoms with Crippen molar-refractivity contribution in [2.24, 2.45) is 0 Å². The van der Waals surface area contributed by atoms with Crippen molar-refractivity contribution in [1.82, 2.24) is 14.9 Å². The summed E-state index contributed by atoms with van der Waals surface area (Å²) >= 11 is 21.6. The number of carbonyl (C=O) groups excluding carboxylic acids is 1. The Morgan fingerprint density at radius 2 is 1.85 bits per heavy atom. The average Bonchev–Trinajstić information content (AvgIpc) is 2.83. The van der Waals surface area contributed by atoms with Crippen molar-refractivity contribution in [1.29, 1.82) is 0 Å². The smallest absolute Gasteiger partial charge is 0.255 e. The van der Waals surface area contributed by atoms with Crippen LogP contribution in [-0.4, -0.2) is 40.4 Å². The second kappa shape index (κ2) is 11.6. The van der Waals surface area contributed by atoms with E-state index in [1.165, 1.54) is 12.3 Å². The first-order valence-electron chi connectivity index (χ1n) is 10.8. The van der Waals surface area contributed by atoms with Crippen LogP contribution in [0.2, 0.25) is 15.2 Å². The number of benzene rings is 1. The van der Waals surface area contributed by atoms with Crippen molar-refractivity contribution >= 4 is 68.4 Å². The van der Waals surface area contributed by atoms with Crippen molar-refractivity contribution in [2.45, 2.75) is 18.8 Å². The highest BCUT2D eigenvalue weighted by molar-refractivity contribution is 9.10. The molecule has 1 aromatic carbocycles. The van der Waals surface area contributed by atoms with Crippen LogP contribution in [0.4, 0.5) is 5.69 Å². The number of amides is 1. The number of likely N-dealkylation sites (tertiary alicyclic amines) is 1. The lowest BCUT2D eigenvalue weighted by Crippen LogP contribution is -2.33. The van der Waals surface area contributed by atoms with Crippen LogP contribution in [0.5, 0.6) is 0 Å². The molecule has 0 unspecified atom stereocenters. The molecule has 3 heterocycles. The summed E-state index contributed by atoms with van der Waals surface area (Å²) in [5.74, 6) is -0.0723. The first kappa shape index (κ1) is 25.1. The molecule has 1 fully saturated rings. The molecule has 9 heteroatoms. The molecule has 176 valence electrons. The molecule has 0 aliphatic carbocycles. The van der Waals surface area contributed by atoms with Crippen LogP contribution in [0, 0.1) is 0 Å². The summed E-state index contributed by atoms with van der Waals surface area (Å²) in [6.07, 6.45) is 7.65. The van der Waals surface area contributed by atoms with Crippen LogP contribution in [0.1, 0.15) is 40.4 Å². The maximum atomic E-state index is 12.8. The number of nitrogens with zero attached hydrogens (tertiary/aromatic N) is 3. The zero-order chi connectivity index (χ0) is 24.1. The third-order valence-electron chi connectivity index (χ3n) is 5.72. The number of pyridine rings is 2. The maximum Gasteiger partial charge on any atom is 0.255 e. The fourth-order valence-electron chi connectivity index (χ4n) is 3.93. The van der Waals surface area contributed by atoms with Gasteiger partial charge in [0.1, 0.15) is 9.76 Å². The van der Waals surface area contributed by atoms with E-state index in [4.69, 9.17) is 34.8 Å². The Balaban J connectivity index is 1.41. The molecule has 1 amide bonds. The zero-order valence-corrected chi connectivity index (χ0v) is 22.0. The largest absolute Gasteiger partial charge is 0.320 e. The lowest BCUT2D eigenvalue weighted by atomic mass is 9.92. The number of hydrogen-bond donors (Lipinski definition) is 1. The predicted octanol–water partition coefficient (Wildman–Crippen LogP) is 7.34. The number of halogens is 4. The lowest BCUT2D eigenvalue weighted by molar-refractivity contribution is 0.102. The second-order valence-electron chi connectivity index (χ2n) is 8.04. The number of piperidine rings is 1. The molecule has 0 atom stereocenters. The molecule has 34 heavy (non-hydrogen) atoms. The van der Waals surface area contributed by atoms with Gasteiger partial charge in [-0.05, 0) is 77.8 Å². The van der Waals surface area contributed by atoms with E-state index < -0.39 is 0 Å². The maximum absolute atomic E-state index is 12.8. The van der Waals surface area contributed by atoms with E-state index >= 15 is 0 Å². The monoisotopic (exact) mass is 578 g/mol. The standard InChI is InChI=1S/C25H22BrCl3N4O/c26-24-20(28)15-21(31-25(34)18-7-10-30-22(29)14-18)23(32-24)17-8-12-33(13-9-17)11-1-2-16-3-5-19(27)6-4-16/h1-7,10,14-15,17H,8-9,11-13H2,(H,31,34). The average molecular weight is 581 g/mol. The number of aromatic nitrogens is 2. The van der Waals surface area contributed by atoms with Gasteiger partial charge in [0.05, 0.1) is 16.4 Å². The Kier molecular flexibility index (Phi) is 8.61. The van der Waals surface area contributed by atoms with Gasteiger partial charge in [0.2, 0.25) is 0 Å². The summed E-state index contributed by atoms with van der Waals surface area (Å²) in [7, 11) is 0. The molecular formula is C25H22BrCl3N4O. The summed E-state index contributed by atoms with van der Waals surface area (Å²) < 4.78 is 0.572. The highest BCUT2D eigenvalue weighted by Crippen LogP contribution is 2.36. The van der Waals surface area contributed by atoms with E-state index in [2.05, 4.69) is 48.3 Å². The van der Waals surface area contributed by atoms with Crippen molar-refractivity contribution in [3.63, 3.8) is 0 Å². The van der Waals surface area contributed by atoms with Gasteiger partial charge >= 0.3 is 0 Å². The Labute approximate surface area is 222 Å². The van der Waals surface area contributed by atoms with Crippen LogP contribution < -0.4 is 5.32 Å². The van der Waals surface area contributed by atoms with E-state index in [1.54, 1.807) is 12.1 Å². The highest BCUT2D eigenvalue weighted by Gasteiger charge is 2.25. The molecule has 0 saturated carbocycles. The number of rotatable bonds is 6. The van der Waals surface area contributed by atoms with Crippen LogP contribution in [0.3, 0.4) is 0 Å². The van der Waals surface area contributed by atoms with Crippen molar-refractivity contribution < 1.29 is 4.79 Å². The van der Waals surface area contributed by atoms with E-state index in [-0.39, 0.29) is 17.0 Å².